The van der Waals surface area contributed by atoms with E-state index in [1.165, 1.54) is 35.9 Å². The summed E-state index contributed by atoms with van der Waals surface area (Å²) in [5.41, 5.74) is 1.73. The molecule has 0 radical (unpaired) electrons. The van der Waals surface area contributed by atoms with Gasteiger partial charge >= 0.3 is 12.0 Å². The van der Waals surface area contributed by atoms with Crippen molar-refractivity contribution in [1.82, 2.24) is 9.97 Å². The van der Waals surface area contributed by atoms with Gasteiger partial charge in [0.25, 0.3) is 0 Å². The van der Waals surface area contributed by atoms with Crippen LogP contribution in [0.5, 0.6) is 0 Å². The zero-order valence-corrected chi connectivity index (χ0v) is 20.7. The first-order chi connectivity index (χ1) is 15.2. The van der Waals surface area contributed by atoms with Crippen LogP contribution < -0.4 is 10.2 Å². The van der Waals surface area contributed by atoms with Crippen LogP contribution in [0.1, 0.15) is 44.5 Å². The monoisotopic (exact) mass is 490 g/mol. The lowest BCUT2D eigenvalue weighted by molar-refractivity contribution is -0.138. The molecule has 1 aliphatic rings. The fourth-order valence-corrected chi connectivity index (χ4v) is 6.85. The Bertz CT molecular complexity index is 1130. The van der Waals surface area contributed by atoms with E-state index in [1.807, 2.05) is 25.1 Å². The second kappa shape index (κ2) is 9.36. The molecular formula is C22H26N4O3S3. The molecule has 0 aliphatic heterocycles. The molecule has 170 valence electrons. The van der Waals surface area contributed by atoms with Crippen LogP contribution in [-0.4, -0.2) is 38.4 Å². The number of hydrogen-bond donors (Lipinski definition) is 2. The first-order valence-electron chi connectivity index (χ1n) is 10.6. The van der Waals surface area contributed by atoms with Crippen molar-refractivity contribution in [3.8, 4) is 0 Å². The van der Waals surface area contributed by atoms with Gasteiger partial charge in [-0.1, -0.05) is 35.9 Å². The molecule has 2 aromatic heterocycles. The Balaban J connectivity index is 1.54. The standard InChI is InChI=1S/C22H26N4O3S3/c1-13-24-16-10-15(8-9-17(16)30-13)26(12-14-6-4-5-7-14)21(29)25-20-23-11-18(31-20)32-22(2,3)19(27)28/h8-11,14H,4-7,12H2,1-3H3,(H,27,28)(H,23,25,29). The molecule has 1 fully saturated rings. The molecule has 0 saturated heterocycles. The third kappa shape index (κ3) is 5.24. The molecule has 0 unspecified atom stereocenters. The smallest absolute Gasteiger partial charge is 0.328 e. The molecule has 10 heteroatoms. The number of aryl methyl sites for hydroxylation is 1. The van der Waals surface area contributed by atoms with Crippen molar-refractivity contribution in [2.24, 2.45) is 5.92 Å². The minimum Gasteiger partial charge on any atom is -0.480 e. The lowest BCUT2D eigenvalue weighted by Gasteiger charge is -2.25. The van der Waals surface area contributed by atoms with Crippen molar-refractivity contribution in [2.45, 2.75) is 55.4 Å². The van der Waals surface area contributed by atoms with Gasteiger partial charge in [-0.05, 0) is 57.7 Å². The summed E-state index contributed by atoms with van der Waals surface area (Å²) in [4.78, 5) is 35.4. The molecule has 1 aliphatic carbocycles. The maximum absolute atomic E-state index is 13.3. The third-order valence-corrected chi connectivity index (χ3v) is 8.67. The normalized spacial score (nSPS) is 14.7. The number of carbonyl (C=O) groups excluding carboxylic acids is 1. The molecule has 0 bridgehead atoms. The third-order valence-electron chi connectivity index (χ3n) is 5.52. The van der Waals surface area contributed by atoms with Crippen LogP contribution in [0.15, 0.2) is 28.6 Å². The van der Waals surface area contributed by atoms with Gasteiger partial charge in [-0.25, -0.2) is 14.8 Å². The van der Waals surface area contributed by atoms with Crippen LogP contribution in [0.3, 0.4) is 0 Å². The summed E-state index contributed by atoms with van der Waals surface area (Å²) in [7, 11) is 0. The van der Waals surface area contributed by atoms with E-state index in [1.54, 1.807) is 36.3 Å². The second-order valence-electron chi connectivity index (χ2n) is 8.48. The molecular weight excluding hydrogens is 464 g/mol. The number of carbonyl (C=O) groups is 2. The number of nitrogens with one attached hydrogen (secondary N) is 1. The van der Waals surface area contributed by atoms with Gasteiger partial charge in [0.2, 0.25) is 0 Å². The summed E-state index contributed by atoms with van der Waals surface area (Å²) in [6.45, 7) is 5.94. The van der Waals surface area contributed by atoms with Crippen LogP contribution in [0.2, 0.25) is 0 Å². The SMILES string of the molecule is Cc1nc2cc(N(CC3CCCC3)C(=O)Nc3ncc(SC(C)(C)C(=O)O)s3)ccc2s1. The molecule has 1 aromatic carbocycles. The predicted octanol–water partition coefficient (Wildman–Crippen LogP) is 6.25. The topological polar surface area (TPSA) is 95.4 Å². The Morgan fingerprint density at radius 2 is 2.03 bits per heavy atom. The highest BCUT2D eigenvalue weighted by Gasteiger charge is 2.30. The number of thiazole rings is 2. The van der Waals surface area contributed by atoms with Crippen molar-refractivity contribution in [2.75, 3.05) is 16.8 Å². The molecule has 32 heavy (non-hydrogen) atoms. The lowest BCUT2D eigenvalue weighted by atomic mass is 10.1. The maximum atomic E-state index is 13.3. The van der Waals surface area contributed by atoms with Crippen molar-refractivity contribution in [3.05, 3.63) is 29.4 Å². The van der Waals surface area contributed by atoms with Crippen LogP contribution in [0.4, 0.5) is 15.6 Å². The Labute approximate surface area is 199 Å². The van der Waals surface area contributed by atoms with E-state index in [9.17, 15) is 14.7 Å². The molecule has 2 heterocycles. The number of hydrogen-bond acceptors (Lipinski definition) is 7. The van der Waals surface area contributed by atoms with E-state index in [4.69, 9.17) is 0 Å². The maximum Gasteiger partial charge on any atom is 0.328 e. The number of carboxylic acid groups (broad SMARTS) is 1. The van der Waals surface area contributed by atoms with Crippen LogP contribution in [0.25, 0.3) is 10.2 Å². The Morgan fingerprint density at radius 3 is 2.75 bits per heavy atom. The quantitative estimate of drug-likeness (QED) is 0.380. The van der Waals surface area contributed by atoms with E-state index in [0.29, 0.717) is 17.6 Å². The Morgan fingerprint density at radius 1 is 1.28 bits per heavy atom. The van der Waals surface area contributed by atoms with E-state index < -0.39 is 10.7 Å². The number of thioether (sulfide) groups is 1. The first kappa shape index (κ1) is 23.0. The largest absolute Gasteiger partial charge is 0.480 e. The minimum atomic E-state index is -0.969. The van der Waals surface area contributed by atoms with Gasteiger partial charge in [-0.15, -0.1) is 11.3 Å². The fraction of sp³-hybridized carbons (Fsp3) is 0.455. The Hall–Kier alpha value is -2.17. The number of anilines is 2. The van der Waals surface area contributed by atoms with Crippen LogP contribution in [-0.2, 0) is 4.79 Å². The zero-order chi connectivity index (χ0) is 22.9. The van der Waals surface area contributed by atoms with Gasteiger partial charge in [0.05, 0.1) is 25.6 Å². The van der Waals surface area contributed by atoms with Gasteiger partial charge in [0.1, 0.15) is 4.75 Å². The highest BCUT2D eigenvalue weighted by Crippen LogP contribution is 2.38. The van der Waals surface area contributed by atoms with Gasteiger partial charge in [0.15, 0.2) is 5.13 Å². The molecule has 0 atom stereocenters. The fourth-order valence-electron chi connectivity index (χ4n) is 3.77. The summed E-state index contributed by atoms with van der Waals surface area (Å²) in [5.74, 6) is -0.413. The number of amides is 2. The number of carboxylic acids is 1. The molecule has 7 nitrogen and oxygen atoms in total. The van der Waals surface area contributed by atoms with Gasteiger partial charge < -0.3 is 5.11 Å². The molecule has 3 aromatic rings. The number of rotatable bonds is 7. The van der Waals surface area contributed by atoms with E-state index >= 15 is 0 Å². The van der Waals surface area contributed by atoms with Gasteiger partial charge in [0, 0.05) is 12.2 Å². The molecule has 2 N–H and O–H groups in total. The number of urea groups is 1. The van der Waals surface area contributed by atoms with E-state index in [-0.39, 0.29) is 6.03 Å². The summed E-state index contributed by atoms with van der Waals surface area (Å²) < 4.78 is 0.883. The summed E-state index contributed by atoms with van der Waals surface area (Å²) in [6, 6.07) is 5.75. The summed E-state index contributed by atoms with van der Waals surface area (Å²) in [6.07, 6.45) is 6.28. The first-order valence-corrected chi connectivity index (χ1v) is 13.0. The summed E-state index contributed by atoms with van der Waals surface area (Å²) >= 11 is 4.15. The molecule has 1 saturated carbocycles. The molecule has 0 spiro atoms. The van der Waals surface area contributed by atoms with Gasteiger partial charge in [-0.3, -0.25) is 15.0 Å². The summed E-state index contributed by atoms with van der Waals surface area (Å²) in [5, 5.41) is 13.7. The second-order valence-corrected chi connectivity index (χ2v) is 12.7. The average Bonchev–Trinajstić information content (AvgIpc) is 3.46. The van der Waals surface area contributed by atoms with Crippen molar-refractivity contribution in [3.63, 3.8) is 0 Å². The van der Waals surface area contributed by atoms with Crippen molar-refractivity contribution < 1.29 is 14.7 Å². The average molecular weight is 491 g/mol. The predicted molar refractivity (Wildman–Crippen MR) is 132 cm³/mol. The van der Waals surface area contributed by atoms with Crippen molar-refractivity contribution >= 4 is 67.5 Å². The zero-order valence-electron chi connectivity index (χ0n) is 18.3. The number of aromatic nitrogens is 2. The van der Waals surface area contributed by atoms with Gasteiger partial charge in [-0.2, -0.15) is 0 Å². The van der Waals surface area contributed by atoms with Crippen LogP contribution in [0, 0.1) is 12.8 Å². The number of aliphatic carboxylic acids is 1. The molecule has 4 rings (SSSR count). The minimum absolute atomic E-state index is 0.230. The van der Waals surface area contributed by atoms with E-state index in [2.05, 4.69) is 15.3 Å². The highest BCUT2D eigenvalue weighted by atomic mass is 32.2. The molecule has 2 amide bonds. The van der Waals surface area contributed by atoms with E-state index in [0.717, 1.165) is 38.0 Å². The Kier molecular flexibility index (Phi) is 6.73. The number of benzene rings is 1. The number of nitrogens with zero attached hydrogens (tertiary/aromatic N) is 3. The van der Waals surface area contributed by atoms with Crippen LogP contribution >= 0.6 is 34.4 Å². The van der Waals surface area contributed by atoms with Crippen molar-refractivity contribution in [1.29, 1.82) is 0 Å². The number of fused-ring (bicyclic) bond motifs is 1. The lowest BCUT2D eigenvalue weighted by Crippen LogP contribution is -2.38. The highest BCUT2D eigenvalue weighted by molar-refractivity contribution is 8.03.